The molecule has 6 heteroatoms. The second-order valence-corrected chi connectivity index (χ2v) is 2.66. The van der Waals surface area contributed by atoms with Crippen molar-refractivity contribution in [3.05, 3.63) is 30.0 Å². The third-order valence-corrected chi connectivity index (χ3v) is 1.72. The van der Waals surface area contributed by atoms with Crippen LogP contribution in [0, 0.1) is 0 Å². The molecule has 0 spiro atoms. The summed E-state index contributed by atoms with van der Waals surface area (Å²) in [6.07, 6.45) is 1.65. The summed E-state index contributed by atoms with van der Waals surface area (Å²) in [6.45, 7) is 0. The Kier molecular flexibility index (Phi) is 1.95. The number of hydrogen-bond donors (Lipinski definition) is 0. The molecular formula is C8H5F2N3O. The molecule has 72 valence electrons. The van der Waals surface area contributed by atoms with E-state index in [1.165, 1.54) is 16.8 Å². The number of rotatable bonds is 2. The van der Waals surface area contributed by atoms with E-state index in [0.717, 1.165) is 6.20 Å². The molecule has 0 atom stereocenters. The summed E-state index contributed by atoms with van der Waals surface area (Å²) in [4.78, 5) is 17.7. The normalized spacial score (nSPS) is 11.1. The first kappa shape index (κ1) is 8.74. The van der Waals surface area contributed by atoms with Crippen LogP contribution in [-0.4, -0.2) is 20.7 Å². The summed E-state index contributed by atoms with van der Waals surface area (Å²) in [5.41, 5.74) is 0.224. The van der Waals surface area contributed by atoms with Gasteiger partial charge in [0.1, 0.15) is 11.4 Å². The van der Waals surface area contributed by atoms with Crippen molar-refractivity contribution in [1.82, 2.24) is 14.4 Å². The van der Waals surface area contributed by atoms with Gasteiger partial charge in [-0.2, -0.15) is 0 Å². The van der Waals surface area contributed by atoms with Gasteiger partial charge in [0.05, 0.1) is 6.20 Å². The third-order valence-electron chi connectivity index (χ3n) is 1.72. The quantitative estimate of drug-likeness (QED) is 0.685. The first-order valence-electron chi connectivity index (χ1n) is 3.78. The first-order chi connectivity index (χ1) is 6.70. The average molecular weight is 197 g/mol. The van der Waals surface area contributed by atoms with Crippen molar-refractivity contribution in [3.63, 3.8) is 0 Å². The second kappa shape index (κ2) is 3.13. The van der Waals surface area contributed by atoms with Crippen LogP contribution in [0.4, 0.5) is 8.78 Å². The van der Waals surface area contributed by atoms with Gasteiger partial charge in [0, 0.05) is 12.4 Å². The minimum atomic E-state index is -2.62. The third kappa shape index (κ3) is 1.34. The lowest BCUT2D eigenvalue weighted by atomic mass is 10.5. The van der Waals surface area contributed by atoms with Crippen LogP contribution >= 0.6 is 0 Å². The number of imidazole rings is 1. The van der Waals surface area contributed by atoms with Crippen molar-refractivity contribution in [2.24, 2.45) is 0 Å². The van der Waals surface area contributed by atoms with Crippen LogP contribution in [0.5, 0.6) is 0 Å². The molecule has 0 amide bonds. The summed E-state index contributed by atoms with van der Waals surface area (Å²) in [6, 6.07) is 0. The zero-order valence-electron chi connectivity index (χ0n) is 6.89. The zero-order chi connectivity index (χ0) is 10.1. The van der Waals surface area contributed by atoms with Crippen LogP contribution in [0.25, 0.3) is 5.65 Å². The maximum Gasteiger partial charge on any atom is 0.281 e. The Balaban J connectivity index is 2.59. The highest BCUT2D eigenvalue weighted by Crippen LogP contribution is 2.16. The van der Waals surface area contributed by atoms with E-state index < -0.39 is 6.43 Å². The minimum Gasteiger partial charge on any atom is -0.303 e. The van der Waals surface area contributed by atoms with E-state index >= 15 is 0 Å². The minimum absolute atomic E-state index is 0.193. The van der Waals surface area contributed by atoms with Gasteiger partial charge in [-0.15, -0.1) is 0 Å². The maximum atomic E-state index is 12.2. The molecule has 4 nitrogen and oxygen atoms in total. The largest absolute Gasteiger partial charge is 0.303 e. The van der Waals surface area contributed by atoms with Crippen LogP contribution in [0.1, 0.15) is 22.6 Å². The SMILES string of the molecule is O=Cc1cn2cc(C(F)F)ncc2n1. The van der Waals surface area contributed by atoms with E-state index in [1.807, 2.05) is 0 Å². The molecule has 0 aliphatic carbocycles. The molecule has 0 saturated heterocycles. The lowest BCUT2D eigenvalue weighted by Crippen LogP contribution is -1.93. The Bertz CT molecular complexity index is 480. The van der Waals surface area contributed by atoms with Gasteiger partial charge in [0.2, 0.25) is 0 Å². The predicted octanol–water partition coefficient (Wildman–Crippen LogP) is 1.48. The monoisotopic (exact) mass is 197 g/mol. The summed E-state index contributed by atoms with van der Waals surface area (Å²) >= 11 is 0. The summed E-state index contributed by atoms with van der Waals surface area (Å²) < 4.78 is 25.8. The number of halogens is 2. The van der Waals surface area contributed by atoms with Crippen molar-refractivity contribution in [3.8, 4) is 0 Å². The highest BCUT2D eigenvalue weighted by Gasteiger charge is 2.10. The predicted molar refractivity (Wildman–Crippen MR) is 43.3 cm³/mol. The number of alkyl halides is 2. The molecule has 0 aliphatic rings. The number of carbonyl (C=O) groups is 1. The standard InChI is InChI=1S/C8H5F2N3O/c9-8(10)6-3-13-2-5(4-14)12-7(13)1-11-6/h1-4,8H. The van der Waals surface area contributed by atoms with Crippen LogP contribution in [0.2, 0.25) is 0 Å². The number of aldehydes is 1. The van der Waals surface area contributed by atoms with Crippen molar-refractivity contribution < 1.29 is 13.6 Å². The summed E-state index contributed by atoms with van der Waals surface area (Å²) in [5.74, 6) is 0. The topological polar surface area (TPSA) is 47.3 Å². The van der Waals surface area contributed by atoms with E-state index in [9.17, 15) is 13.6 Å². The van der Waals surface area contributed by atoms with E-state index in [1.54, 1.807) is 0 Å². The van der Waals surface area contributed by atoms with Crippen molar-refractivity contribution >= 4 is 11.9 Å². The smallest absolute Gasteiger partial charge is 0.281 e. The zero-order valence-corrected chi connectivity index (χ0v) is 6.89. The van der Waals surface area contributed by atoms with Gasteiger partial charge < -0.3 is 4.40 Å². The Labute approximate surface area is 77.2 Å². The molecule has 2 heterocycles. The van der Waals surface area contributed by atoms with E-state index in [4.69, 9.17) is 0 Å². The molecule has 0 radical (unpaired) electrons. The lowest BCUT2D eigenvalue weighted by Gasteiger charge is -1.98. The molecule has 0 aromatic carbocycles. The molecule has 0 bridgehead atoms. The summed E-state index contributed by atoms with van der Waals surface area (Å²) in [5, 5.41) is 0. The molecule has 0 aliphatic heterocycles. The highest BCUT2D eigenvalue weighted by atomic mass is 19.3. The van der Waals surface area contributed by atoms with Gasteiger partial charge >= 0.3 is 0 Å². The van der Waals surface area contributed by atoms with Crippen LogP contribution in [-0.2, 0) is 0 Å². The number of hydrogen-bond acceptors (Lipinski definition) is 3. The Morgan fingerprint density at radius 2 is 2.21 bits per heavy atom. The number of aromatic nitrogens is 3. The molecule has 2 aromatic rings. The number of nitrogens with zero attached hydrogens (tertiary/aromatic N) is 3. The maximum absolute atomic E-state index is 12.2. The van der Waals surface area contributed by atoms with Crippen LogP contribution < -0.4 is 0 Å². The van der Waals surface area contributed by atoms with E-state index in [-0.39, 0.29) is 11.4 Å². The molecular weight excluding hydrogens is 192 g/mol. The lowest BCUT2D eigenvalue weighted by molar-refractivity contribution is 0.111. The molecule has 14 heavy (non-hydrogen) atoms. The van der Waals surface area contributed by atoms with Crippen molar-refractivity contribution in [2.45, 2.75) is 6.43 Å². The van der Waals surface area contributed by atoms with Gasteiger partial charge in [-0.25, -0.2) is 18.7 Å². The number of carbonyl (C=O) groups excluding carboxylic acids is 1. The Hall–Kier alpha value is -1.85. The Morgan fingerprint density at radius 3 is 2.86 bits per heavy atom. The number of fused-ring (bicyclic) bond motifs is 1. The van der Waals surface area contributed by atoms with Gasteiger partial charge in [-0.3, -0.25) is 4.79 Å². The van der Waals surface area contributed by atoms with Gasteiger partial charge in [0.15, 0.2) is 11.9 Å². The highest BCUT2D eigenvalue weighted by molar-refractivity contribution is 5.72. The molecule has 0 fully saturated rings. The average Bonchev–Trinajstić information content (AvgIpc) is 2.58. The van der Waals surface area contributed by atoms with Gasteiger partial charge in [0.25, 0.3) is 6.43 Å². The summed E-state index contributed by atoms with van der Waals surface area (Å²) in [7, 11) is 0. The van der Waals surface area contributed by atoms with E-state index in [2.05, 4.69) is 9.97 Å². The fourth-order valence-electron chi connectivity index (χ4n) is 1.10. The molecule has 0 saturated carbocycles. The van der Waals surface area contributed by atoms with Crippen LogP contribution in [0.3, 0.4) is 0 Å². The van der Waals surface area contributed by atoms with Gasteiger partial charge in [-0.1, -0.05) is 0 Å². The Morgan fingerprint density at radius 1 is 1.43 bits per heavy atom. The second-order valence-electron chi connectivity index (χ2n) is 2.66. The van der Waals surface area contributed by atoms with Gasteiger partial charge in [-0.05, 0) is 0 Å². The van der Waals surface area contributed by atoms with E-state index in [0.29, 0.717) is 11.9 Å². The van der Waals surface area contributed by atoms with Crippen LogP contribution in [0.15, 0.2) is 18.6 Å². The first-order valence-corrected chi connectivity index (χ1v) is 3.78. The fourth-order valence-corrected chi connectivity index (χ4v) is 1.10. The molecule has 0 unspecified atom stereocenters. The van der Waals surface area contributed by atoms with Crippen molar-refractivity contribution in [1.29, 1.82) is 0 Å². The van der Waals surface area contributed by atoms with Crippen molar-refractivity contribution in [2.75, 3.05) is 0 Å². The molecule has 0 N–H and O–H groups in total. The fraction of sp³-hybridized carbons (Fsp3) is 0.125. The molecule has 2 rings (SSSR count). The molecule has 2 aromatic heterocycles.